The van der Waals surface area contributed by atoms with E-state index in [0.29, 0.717) is 11.4 Å². The lowest BCUT2D eigenvalue weighted by Crippen LogP contribution is -2.17. The van der Waals surface area contributed by atoms with Crippen molar-refractivity contribution in [3.05, 3.63) is 82.2 Å². The largest absolute Gasteiger partial charge is 0.384 e. The van der Waals surface area contributed by atoms with Crippen molar-refractivity contribution in [2.45, 2.75) is 32.5 Å². The summed E-state index contributed by atoms with van der Waals surface area (Å²) in [5, 5.41) is 12.6. The lowest BCUT2D eigenvalue weighted by molar-refractivity contribution is 0.319. The summed E-state index contributed by atoms with van der Waals surface area (Å²) in [7, 11) is 2.11. The summed E-state index contributed by atoms with van der Waals surface area (Å²) < 4.78 is 0. The summed E-state index contributed by atoms with van der Waals surface area (Å²) in [6.07, 6.45) is 0.882. The van der Waals surface area contributed by atoms with Gasteiger partial charge in [-0.3, -0.25) is 4.90 Å². The van der Waals surface area contributed by atoms with Crippen LogP contribution in [0.2, 0.25) is 0 Å². The van der Waals surface area contributed by atoms with Crippen LogP contribution in [0.3, 0.4) is 0 Å². The van der Waals surface area contributed by atoms with Crippen molar-refractivity contribution >= 4 is 22.7 Å². The van der Waals surface area contributed by atoms with Crippen LogP contribution in [0.4, 0.5) is 11.5 Å². The minimum absolute atomic E-state index is 0.118. The fraction of sp³-hybridized carbons (Fsp3) is 0.240. The van der Waals surface area contributed by atoms with Crippen molar-refractivity contribution in [3.63, 3.8) is 0 Å². The molecule has 1 aliphatic heterocycles. The molecule has 7 nitrogen and oxygen atoms in total. The maximum atomic E-state index is 8.96. The SMILES string of the molecule is Cc1nc2c(C3Cc4cc(CN(C)Cc5ccc(C#N)cc5)ccc4N3)cc(N)nc2[nH]1. The number of anilines is 2. The lowest BCUT2D eigenvalue weighted by atomic mass is 10.0. The highest BCUT2D eigenvalue weighted by atomic mass is 15.1. The van der Waals surface area contributed by atoms with Crippen LogP contribution in [0.15, 0.2) is 48.5 Å². The number of nitrogen functional groups attached to an aromatic ring is 1. The topological polar surface area (TPSA) is 107 Å². The Balaban J connectivity index is 1.31. The Morgan fingerprint density at radius 1 is 1.09 bits per heavy atom. The summed E-state index contributed by atoms with van der Waals surface area (Å²) in [6, 6.07) is 18.6. The van der Waals surface area contributed by atoms with Gasteiger partial charge in [0.05, 0.1) is 17.7 Å². The van der Waals surface area contributed by atoms with Gasteiger partial charge in [0.15, 0.2) is 5.65 Å². The van der Waals surface area contributed by atoms with Crippen LogP contribution in [0, 0.1) is 18.3 Å². The number of imidazole rings is 1. The van der Waals surface area contributed by atoms with Gasteiger partial charge in [0.25, 0.3) is 0 Å². The van der Waals surface area contributed by atoms with Gasteiger partial charge >= 0.3 is 0 Å². The Hall–Kier alpha value is -3.89. The van der Waals surface area contributed by atoms with Gasteiger partial charge in [-0.25, -0.2) is 9.97 Å². The smallest absolute Gasteiger partial charge is 0.160 e. The minimum atomic E-state index is 0.118. The third kappa shape index (κ3) is 3.88. The van der Waals surface area contributed by atoms with E-state index in [9.17, 15) is 0 Å². The van der Waals surface area contributed by atoms with E-state index < -0.39 is 0 Å². The van der Waals surface area contributed by atoms with E-state index in [1.807, 2.05) is 37.3 Å². The van der Waals surface area contributed by atoms with Crippen LogP contribution >= 0.6 is 0 Å². The van der Waals surface area contributed by atoms with E-state index in [0.717, 1.165) is 47.7 Å². The van der Waals surface area contributed by atoms with Crippen LogP contribution in [0.5, 0.6) is 0 Å². The van der Waals surface area contributed by atoms with Crippen molar-refractivity contribution in [1.82, 2.24) is 19.9 Å². The zero-order valence-corrected chi connectivity index (χ0v) is 18.2. The maximum Gasteiger partial charge on any atom is 0.160 e. The van der Waals surface area contributed by atoms with Gasteiger partial charge in [-0.2, -0.15) is 5.26 Å². The molecule has 4 aromatic rings. The van der Waals surface area contributed by atoms with Gasteiger partial charge in [0, 0.05) is 24.3 Å². The number of nitriles is 1. The Kier molecular flexibility index (Phi) is 5.00. The number of nitrogens with one attached hydrogen (secondary N) is 2. The fourth-order valence-corrected chi connectivity index (χ4v) is 4.48. The third-order valence-corrected chi connectivity index (χ3v) is 5.91. The average molecular weight is 424 g/mol. The molecule has 2 aromatic heterocycles. The highest BCUT2D eigenvalue weighted by Crippen LogP contribution is 2.37. The third-order valence-electron chi connectivity index (χ3n) is 5.91. The molecular formula is C25H25N7. The molecule has 0 saturated carbocycles. The van der Waals surface area contributed by atoms with Crippen LogP contribution in [0.1, 0.15) is 39.7 Å². The first-order valence-electron chi connectivity index (χ1n) is 10.7. The zero-order chi connectivity index (χ0) is 22.2. The number of aryl methyl sites for hydroxylation is 1. The summed E-state index contributed by atoms with van der Waals surface area (Å²) in [4.78, 5) is 14.5. The van der Waals surface area contributed by atoms with E-state index in [4.69, 9.17) is 11.0 Å². The van der Waals surface area contributed by atoms with Gasteiger partial charge in [-0.15, -0.1) is 0 Å². The first-order chi connectivity index (χ1) is 15.5. The van der Waals surface area contributed by atoms with E-state index in [1.54, 1.807) is 0 Å². The first-order valence-corrected chi connectivity index (χ1v) is 10.7. The van der Waals surface area contributed by atoms with E-state index in [-0.39, 0.29) is 6.04 Å². The van der Waals surface area contributed by atoms with Crippen LogP contribution in [-0.2, 0) is 19.5 Å². The summed E-state index contributed by atoms with van der Waals surface area (Å²) in [6.45, 7) is 3.61. The molecule has 7 heteroatoms. The molecule has 3 heterocycles. The van der Waals surface area contributed by atoms with E-state index in [2.05, 4.69) is 56.5 Å². The molecule has 1 atom stereocenters. The molecule has 4 N–H and O–H groups in total. The van der Waals surface area contributed by atoms with Gasteiger partial charge in [-0.1, -0.05) is 24.3 Å². The van der Waals surface area contributed by atoms with Gasteiger partial charge < -0.3 is 16.0 Å². The second kappa shape index (κ2) is 7.98. The number of pyridine rings is 1. The van der Waals surface area contributed by atoms with Gasteiger partial charge in [0.1, 0.15) is 17.2 Å². The number of hydrogen-bond acceptors (Lipinski definition) is 6. The van der Waals surface area contributed by atoms with Crippen molar-refractivity contribution < 1.29 is 0 Å². The molecular weight excluding hydrogens is 398 g/mol. The van der Waals surface area contributed by atoms with E-state index in [1.165, 1.54) is 16.7 Å². The monoisotopic (exact) mass is 423 g/mol. The number of nitrogens with two attached hydrogens (primary N) is 1. The highest BCUT2D eigenvalue weighted by Gasteiger charge is 2.25. The molecule has 1 aliphatic rings. The average Bonchev–Trinajstić information content (AvgIpc) is 3.35. The van der Waals surface area contributed by atoms with Gasteiger partial charge in [0.2, 0.25) is 0 Å². The number of benzene rings is 2. The number of aromatic nitrogens is 3. The molecule has 0 fully saturated rings. The lowest BCUT2D eigenvalue weighted by Gasteiger charge is -2.17. The predicted molar refractivity (Wildman–Crippen MR) is 126 cm³/mol. The van der Waals surface area contributed by atoms with Crippen molar-refractivity contribution in [3.8, 4) is 6.07 Å². The molecule has 0 radical (unpaired) electrons. The number of H-pyrrole nitrogens is 1. The van der Waals surface area contributed by atoms with Crippen LogP contribution < -0.4 is 11.1 Å². The van der Waals surface area contributed by atoms with Crippen molar-refractivity contribution in [2.24, 2.45) is 0 Å². The van der Waals surface area contributed by atoms with Gasteiger partial charge in [-0.05, 0) is 61.3 Å². The second-order valence-corrected chi connectivity index (χ2v) is 8.53. The molecule has 0 aliphatic carbocycles. The fourth-order valence-electron chi connectivity index (χ4n) is 4.48. The molecule has 0 saturated heterocycles. The van der Waals surface area contributed by atoms with Crippen molar-refractivity contribution in [2.75, 3.05) is 18.1 Å². The summed E-state index contributed by atoms with van der Waals surface area (Å²) in [5.41, 5.74) is 14.4. The van der Waals surface area contributed by atoms with Crippen molar-refractivity contribution in [1.29, 1.82) is 5.26 Å². The standard InChI is InChI=1S/C25H25N7/c1-15-28-24-20(11-23(27)31-25(24)29-15)22-10-19-9-18(7-8-21(19)30-22)14-32(2)13-17-5-3-16(12-26)4-6-17/h3-9,11,22,30H,10,13-14H2,1-2H3,(H3,27,28,29,31). The van der Waals surface area contributed by atoms with Crippen LogP contribution in [0.25, 0.3) is 11.2 Å². The van der Waals surface area contributed by atoms with E-state index >= 15 is 0 Å². The number of aromatic amines is 1. The molecule has 2 aromatic carbocycles. The Morgan fingerprint density at radius 3 is 2.62 bits per heavy atom. The highest BCUT2D eigenvalue weighted by molar-refractivity contribution is 5.79. The number of hydrogen-bond donors (Lipinski definition) is 3. The molecule has 0 spiro atoms. The number of fused-ring (bicyclic) bond motifs is 2. The Bertz CT molecular complexity index is 1330. The second-order valence-electron chi connectivity index (χ2n) is 8.53. The zero-order valence-electron chi connectivity index (χ0n) is 18.2. The predicted octanol–water partition coefficient (Wildman–Crippen LogP) is 4.06. The maximum absolute atomic E-state index is 8.96. The molecule has 32 heavy (non-hydrogen) atoms. The van der Waals surface area contributed by atoms with Crippen LogP contribution in [-0.4, -0.2) is 26.9 Å². The molecule has 160 valence electrons. The quantitative estimate of drug-likeness (QED) is 0.447. The summed E-state index contributed by atoms with van der Waals surface area (Å²) in [5.74, 6) is 1.33. The molecule has 5 rings (SSSR count). The number of nitrogens with zero attached hydrogens (tertiary/aromatic N) is 4. The minimum Gasteiger partial charge on any atom is -0.384 e. The summed E-state index contributed by atoms with van der Waals surface area (Å²) >= 11 is 0. The number of rotatable bonds is 5. The molecule has 0 bridgehead atoms. The normalized spacial score (nSPS) is 15.0. The Labute approximate surface area is 186 Å². The molecule has 0 amide bonds. The first kappa shape index (κ1) is 20.0. The molecule has 1 unspecified atom stereocenters. The Morgan fingerprint density at radius 2 is 1.84 bits per heavy atom.